The monoisotopic (exact) mass is 231 g/mol. The Labute approximate surface area is 106 Å². The Balaban J connectivity index is 1.73. The minimum atomic E-state index is 0.631. The van der Waals surface area contributed by atoms with Gasteiger partial charge in [0.15, 0.2) is 0 Å². The molecule has 1 aliphatic carbocycles. The first-order valence-corrected chi connectivity index (χ1v) is 6.97. The molecule has 0 aromatic heterocycles. The van der Waals surface area contributed by atoms with Crippen LogP contribution >= 0.6 is 0 Å². The third-order valence-corrected chi connectivity index (χ3v) is 3.83. The van der Waals surface area contributed by atoms with E-state index in [0.717, 1.165) is 5.92 Å². The summed E-state index contributed by atoms with van der Waals surface area (Å²) < 4.78 is 0. The smallest absolute Gasteiger partial charge is 0.00694 e. The van der Waals surface area contributed by atoms with Crippen LogP contribution in [0.5, 0.6) is 0 Å². The summed E-state index contributed by atoms with van der Waals surface area (Å²) in [5.41, 5.74) is 2.84. The van der Waals surface area contributed by atoms with Crippen LogP contribution in [0.3, 0.4) is 0 Å². The van der Waals surface area contributed by atoms with Crippen LogP contribution in [-0.4, -0.2) is 12.1 Å². The van der Waals surface area contributed by atoms with Gasteiger partial charge in [0.05, 0.1) is 0 Å². The molecule has 1 aromatic rings. The lowest BCUT2D eigenvalue weighted by molar-refractivity contribution is 0.416. The van der Waals surface area contributed by atoms with E-state index in [0.29, 0.717) is 12.1 Å². The van der Waals surface area contributed by atoms with Crippen molar-refractivity contribution in [2.75, 3.05) is 0 Å². The predicted molar refractivity (Wildman–Crippen MR) is 74.3 cm³/mol. The minimum absolute atomic E-state index is 0.631. The minimum Gasteiger partial charge on any atom is -0.311 e. The second-order valence-electron chi connectivity index (χ2n) is 5.72. The highest BCUT2D eigenvalue weighted by Crippen LogP contribution is 2.32. The van der Waals surface area contributed by atoms with Gasteiger partial charge in [0.25, 0.3) is 0 Å². The molecule has 1 fully saturated rings. The first-order valence-electron chi connectivity index (χ1n) is 6.97. The van der Waals surface area contributed by atoms with Crippen LogP contribution in [0.4, 0.5) is 0 Å². The normalized spacial score (nSPS) is 19.0. The molecule has 17 heavy (non-hydrogen) atoms. The SMILES string of the molecule is Cc1cccc(CCC(C)NC(C)C2CC2)c1. The lowest BCUT2D eigenvalue weighted by atomic mass is 10.0. The van der Waals surface area contributed by atoms with Crippen LogP contribution in [0.25, 0.3) is 0 Å². The van der Waals surface area contributed by atoms with Gasteiger partial charge in [-0.25, -0.2) is 0 Å². The molecule has 1 N–H and O–H groups in total. The zero-order valence-corrected chi connectivity index (χ0v) is 11.4. The van der Waals surface area contributed by atoms with Crippen molar-refractivity contribution in [3.05, 3.63) is 35.4 Å². The Morgan fingerprint density at radius 1 is 1.29 bits per heavy atom. The van der Waals surface area contributed by atoms with E-state index in [-0.39, 0.29) is 0 Å². The molecule has 1 aliphatic rings. The van der Waals surface area contributed by atoms with Gasteiger partial charge in [-0.15, -0.1) is 0 Å². The van der Waals surface area contributed by atoms with Crippen LogP contribution in [-0.2, 0) is 6.42 Å². The summed E-state index contributed by atoms with van der Waals surface area (Å²) in [6, 6.07) is 10.2. The van der Waals surface area contributed by atoms with Crippen LogP contribution in [0.1, 0.15) is 44.2 Å². The molecule has 0 spiro atoms. The molecule has 2 rings (SSSR count). The third kappa shape index (κ3) is 4.16. The number of nitrogens with one attached hydrogen (secondary N) is 1. The highest BCUT2D eigenvalue weighted by Gasteiger charge is 2.28. The Morgan fingerprint density at radius 3 is 2.71 bits per heavy atom. The summed E-state index contributed by atoms with van der Waals surface area (Å²) in [5.74, 6) is 0.955. The molecule has 0 saturated heterocycles. The molecule has 0 amide bonds. The average molecular weight is 231 g/mol. The van der Waals surface area contributed by atoms with Crippen molar-refractivity contribution in [3.8, 4) is 0 Å². The van der Waals surface area contributed by atoms with E-state index in [2.05, 4.69) is 50.4 Å². The van der Waals surface area contributed by atoms with Gasteiger partial charge in [0.2, 0.25) is 0 Å². The van der Waals surface area contributed by atoms with Crippen molar-refractivity contribution in [2.45, 2.75) is 58.5 Å². The lowest BCUT2D eigenvalue weighted by Gasteiger charge is -2.19. The molecule has 0 heterocycles. The zero-order valence-electron chi connectivity index (χ0n) is 11.4. The van der Waals surface area contributed by atoms with Crippen molar-refractivity contribution in [1.29, 1.82) is 0 Å². The standard InChI is InChI=1S/C16H25N/c1-12-5-4-6-15(11-12)8-7-13(2)17-14(3)16-9-10-16/h4-6,11,13-14,16-17H,7-10H2,1-3H3. The van der Waals surface area contributed by atoms with E-state index in [4.69, 9.17) is 0 Å². The van der Waals surface area contributed by atoms with Gasteiger partial charge in [-0.05, 0) is 57.9 Å². The third-order valence-electron chi connectivity index (χ3n) is 3.83. The lowest BCUT2D eigenvalue weighted by Crippen LogP contribution is -2.36. The Bertz CT molecular complexity index is 354. The van der Waals surface area contributed by atoms with Crippen molar-refractivity contribution in [1.82, 2.24) is 5.32 Å². The molecular weight excluding hydrogens is 206 g/mol. The molecular formula is C16H25N. The fraction of sp³-hybridized carbons (Fsp3) is 0.625. The molecule has 1 saturated carbocycles. The average Bonchev–Trinajstić information content (AvgIpc) is 3.10. The van der Waals surface area contributed by atoms with Crippen molar-refractivity contribution < 1.29 is 0 Å². The van der Waals surface area contributed by atoms with Crippen LogP contribution in [0.2, 0.25) is 0 Å². The molecule has 0 bridgehead atoms. The maximum Gasteiger partial charge on any atom is 0.00694 e. The van der Waals surface area contributed by atoms with Crippen molar-refractivity contribution in [3.63, 3.8) is 0 Å². The number of benzene rings is 1. The van der Waals surface area contributed by atoms with Crippen LogP contribution < -0.4 is 5.32 Å². The van der Waals surface area contributed by atoms with Crippen LogP contribution in [0.15, 0.2) is 24.3 Å². The largest absolute Gasteiger partial charge is 0.311 e. The predicted octanol–water partition coefficient (Wildman–Crippen LogP) is 3.70. The summed E-state index contributed by atoms with van der Waals surface area (Å²) >= 11 is 0. The van der Waals surface area contributed by atoms with E-state index in [9.17, 15) is 0 Å². The van der Waals surface area contributed by atoms with E-state index in [1.54, 1.807) is 0 Å². The fourth-order valence-corrected chi connectivity index (χ4v) is 2.52. The van der Waals surface area contributed by atoms with Crippen molar-refractivity contribution >= 4 is 0 Å². The molecule has 94 valence electrons. The second kappa shape index (κ2) is 5.68. The number of hydrogen-bond donors (Lipinski definition) is 1. The molecule has 1 aromatic carbocycles. The summed E-state index contributed by atoms with van der Waals surface area (Å²) in [4.78, 5) is 0. The van der Waals surface area contributed by atoms with E-state index in [1.165, 1.54) is 36.8 Å². The molecule has 0 aliphatic heterocycles. The highest BCUT2D eigenvalue weighted by atomic mass is 14.9. The fourth-order valence-electron chi connectivity index (χ4n) is 2.52. The van der Waals surface area contributed by atoms with Gasteiger partial charge in [-0.3, -0.25) is 0 Å². The van der Waals surface area contributed by atoms with E-state index < -0.39 is 0 Å². The summed E-state index contributed by atoms with van der Waals surface area (Å²) in [5, 5.41) is 3.73. The maximum absolute atomic E-state index is 3.73. The quantitative estimate of drug-likeness (QED) is 0.787. The van der Waals surface area contributed by atoms with Crippen molar-refractivity contribution in [2.24, 2.45) is 5.92 Å². The second-order valence-corrected chi connectivity index (χ2v) is 5.72. The first-order chi connectivity index (χ1) is 8.15. The van der Waals surface area contributed by atoms with E-state index in [1.807, 2.05) is 0 Å². The van der Waals surface area contributed by atoms with Gasteiger partial charge < -0.3 is 5.32 Å². The van der Waals surface area contributed by atoms with Gasteiger partial charge in [0.1, 0.15) is 0 Å². The van der Waals surface area contributed by atoms with Gasteiger partial charge in [-0.2, -0.15) is 0 Å². The summed E-state index contributed by atoms with van der Waals surface area (Å²) in [7, 11) is 0. The molecule has 1 nitrogen and oxygen atoms in total. The maximum atomic E-state index is 3.73. The number of hydrogen-bond acceptors (Lipinski definition) is 1. The van der Waals surface area contributed by atoms with E-state index >= 15 is 0 Å². The highest BCUT2D eigenvalue weighted by molar-refractivity contribution is 5.22. The molecule has 1 heteroatoms. The van der Waals surface area contributed by atoms with Gasteiger partial charge in [0, 0.05) is 12.1 Å². The molecule has 2 atom stereocenters. The Hall–Kier alpha value is -0.820. The van der Waals surface area contributed by atoms with Crippen LogP contribution in [0, 0.1) is 12.8 Å². The number of rotatable bonds is 6. The summed E-state index contributed by atoms with van der Waals surface area (Å²) in [6.07, 6.45) is 5.28. The first kappa shape index (κ1) is 12.6. The van der Waals surface area contributed by atoms with Gasteiger partial charge >= 0.3 is 0 Å². The Kier molecular flexibility index (Phi) is 4.22. The number of aryl methyl sites for hydroxylation is 2. The van der Waals surface area contributed by atoms with Gasteiger partial charge in [-0.1, -0.05) is 29.8 Å². The Morgan fingerprint density at radius 2 is 2.06 bits per heavy atom. The zero-order chi connectivity index (χ0) is 12.3. The molecule has 0 radical (unpaired) electrons. The topological polar surface area (TPSA) is 12.0 Å². The molecule has 2 unspecified atom stereocenters. The summed E-state index contributed by atoms with van der Waals surface area (Å²) in [6.45, 7) is 6.82.